The largest absolute Gasteiger partial charge is 0.445 e. The average molecular weight is 680 g/mol. The van der Waals surface area contributed by atoms with E-state index < -0.39 is 41.8 Å². The van der Waals surface area contributed by atoms with E-state index in [0.29, 0.717) is 19.4 Å². The van der Waals surface area contributed by atoms with Crippen molar-refractivity contribution < 1.29 is 29.0 Å². The smallest absolute Gasteiger partial charge is 0.408 e. The monoisotopic (exact) mass is 679 g/mol. The Hall–Kier alpha value is -3.51. The van der Waals surface area contributed by atoms with Gasteiger partial charge in [-0.05, 0) is 82.9 Å². The molecule has 4 rings (SSSR count). The SMILES string of the molecule is CC(C)[C@H](NC(=O)OCc1ccccc1)C(=O)N[C@@H](Cc1ccccc1)[C@H](O)CN1CC[C@@H](OC2CCCCN2)C[C@H]1C(=O)NC(C)(C)C. The molecule has 1 unspecified atom stereocenters. The van der Waals surface area contributed by atoms with Gasteiger partial charge in [0.05, 0.1) is 24.3 Å². The van der Waals surface area contributed by atoms with E-state index in [2.05, 4.69) is 21.3 Å². The van der Waals surface area contributed by atoms with Crippen molar-refractivity contribution in [3.8, 4) is 0 Å². The van der Waals surface area contributed by atoms with Crippen molar-refractivity contribution in [1.82, 2.24) is 26.2 Å². The summed E-state index contributed by atoms with van der Waals surface area (Å²) in [6.07, 6.45) is 3.01. The molecule has 270 valence electrons. The third-order valence-corrected chi connectivity index (χ3v) is 9.04. The summed E-state index contributed by atoms with van der Waals surface area (Å²) in [5.74, 6) is -0.769. The molecule has 49 heavy (non-hydrogen) atoms. The molecule has 0 bridgehead atoms. The molecule has 0 spiro atoms. The Morgan fingerprint density at radius 3 is 2.24 bits per heavy atom. The summed E-state index contributed by atoms with van der Waals surface area (Å²) in [7, 11) is 0. The highest BCUT2D eigenvalue weighted by atomic mass is 16.5. The molecule has 2 heterocycles. The molecule has 0 aromatic heterocycles. The maximum absolute atomic E-state index is 13.8. The number of piperidine rings is 2. The Labute approximate surface area is 291 Å². The fourth-order valence-electron chi connectivity index (χ4n) is 6.44. The first-order valence-electron chi connectivity index (χ1n) is 17.8. The quantitative estimate of drug-likeness (QED) is 0.203. The molecule has 2 fully saturated rings. The van der Waals surface area contributed by atoms with Crippen LogP contribution in [0.3, 0.4) is 0 Å². The lowest BCUT2D eigenvalue weighted by Crippen LogP contribution is -2.60. The number of rotatable bonds is 14. The zero-order chi connectivity index (χ0) is 35.4. The van der Waals surface area contributed by atoms with E-state index in [1.54, 1.807) is 0 Å². The molecule has 3 amide bonds. The van der Waals surface area contributed by atoms with Crippen molar-refractivity contribution in [2.45, 2.75) is 122 Å². The molecule has 2 aliphatic rings. The summed E-state index contributed by atoms with van der Waals surface area (Å²) in [6.45, 7) is 11.3. The van der Waals surface area contributed by atoms with Crippen molar-refractivity contribution in [3.63, 3.8) is 0 Å². The van der Waals surface area contributed by atoms with E-state index in [-0.39, 0.29) is 37.3 Å². The Morgan fingerprint density at radius 2 is 1.63 bits per heavy atom. The highest BCUT2D eigenvalue weighted by Crippen LogP contribution is 2.25. The van der Waals surface area contributed by atoms with E-state index in [1.165, 1.54) is 0 Å². The summed E-state index contributed by atoms with van der Waals surface area (Å²) >= 11 is 0. The summed E-state index contributed by atoms with van der Waals surface area (Å²) < 4.78 is 11.8. The summed E-state index contributed by atoms with van der Waals surface area (Å²) in [5.41, 5.74) is 1.35. The minimum atomic E-state index is -1.01. The summed E-state index contributed by atoms with van der Waals surface area (Å²) in [5, 5.41) is 24.1. The Morgan fingerprint density at radius 1 is 0.959 bits per heavy atom. The number of nitrogens with zero attached hydrogens (tertiary/aromatic N) is 1. The van der Waals surface area contributed by atoms with E-state index in [1.807, 2.05) is 100 Å². The molecular weight excluding hydrogens is 622 g/mol. The number of aliphatic hydroxyl groups is 1. The maximum atomic E-state index is 13.8. The van der Waals surface area contributed by atoms with Crippen LogP contribution >= 0.6 is 0 Å². The maximum Gasteiger partial charge on any atom is 0.408 e. The number of β-amino-alcohol motifs (C(OH)–C–C–N with tert-alkyl or cyclic N) is 1. The van der Waals surface area contributed by atoms with E-state index in [4.69, 9.17) is 9.47 Å². The van der Waals surface area contributed by atoms with Gasteiger partial charge < -0.3 is 30.5 Å². The van der Waals surface area contributed by atoms with Crippen molar-refractivity contribution in [2.75, 3.05) is 19.6 Å². The summed E-state index contributed by atoms with van der Waals surface area (Å²) in [6, 6.07) is 16.9. The second kappa shape index (κ2) is 18.5. The van der Waals surface area contributed by atoms with E-state index >= 15 is 0 Å². The molecular formula is C38H57N5O6. The molecule has 2 aliphatic heterocycles. The molecule has 6 atom stereocenters. The van der Waals surface area contributed by atoms with Crippen LogP contribution in [0, 0.1) is 5.92 Å². The van der Waals surface area contributed by atoms with Crippen LogP contribution in [-0.2, 0) is 32.1 Å². The van der Waals surface area contributed by atoms with E-state index in [0.717, 1.165) is 43.4 Å². The predicted molar refractivity (Wildman–Crippen MR) is 189 cm³/mol. The fraction of sp³-hybridized carbons (Fsp3) is 0.605. The number of benzene rings is 2. The lowest BCUT2D eigenvalue weighted by atomic mass is 9.94. The molecule has 2 aromatic rings. The average Bonchev–Trinajstić information content (AvgIpc) is 3.07. The molecule has 2 saturated heterocycles. The highest BCUT2D eigenvalue weighted by molar-refractivity contribution is 5.86. The molecule has 0 radical (unpaired) electrons. The third kappa shape index (κ3) is 12.7. The van der Waals surface area contributed by atoms with Gasteiger partial charge in [0.15, 0.2) is 0 Å². The Kier molecular flexibility index (Phi) is 14.4. The number of carbonyl (C=O) groups is 3. The van der Waals surface area contributed by atoms with E-state index in [9.17, 15) is 19.5 Å². The first kappa shape index (κ1) is 38.3. The normalized spacial score (nSPS) is 22.1. The van der Waals surface area contributed by atoms with Crippen molar-refractivity contribution >= 4 is 17.9 Å². The van der Waals surface area contributed by atoms with Gasteiger partial charge >= 0.3 is 6.09 Å². The molecule has 11 heteroatoms. The molecule has 0 aliphatic carbocycles. The zero-order valence-corrected chi connectivity index (χ0v) is 29.8. The number of hydrogen-bond acceptors (Lipinski definition) is 8. The van der Waals surface area contributed by atoms with Gasteiger partial charge in [0.1, 0.15) is 18.9 Å². The number of nitrogens with one attached hydrogen (secondary N) is 4. The lowest BCUT2D eigenvalue weighted by molar-refractivity contribution is -0.137. The third-order valence-electron chi connectivity index (χ3n) is 9.04. The van der Waals surface area contributed by atoms with Crippen LogP contribution in [0.5, 0.6) is 0 Å². The molecule has 11 nitrogen and oxygen atoms in total. The molecule has 5 N–H and O–H groups in total. The summed E-state index contributed by atoms with van der Waals surface area (Å²) in [4.78, 5) is 42.2. The second-order valence-electron chi connectivity index (χ2n) is 14.8. The van der Waals surface area contributed by atoms with Gasteiger partial charge in [0, 0.05) is 18.6 Å². The molecule has 0 saturated carbocycles. The number of alkyl carbamates (subject to hydrolysis) is 1. The number of ether oxygens (including phenoxy) is 2. The van der Waals surface area contributed by atoms with Crippen LogP contribution in [0.1, 0.15) is 77.8 Å². The Balaban J connectivity index is 1.46. The van der Waals surface area contributed by atoms with Gasteiger partial charge in [-0.1, -0.05) is 74.5 Å². The standard InChI is InChI=1S/C38H57N5O6/c1-26(2)34(41-37(47)48-25-28-16-10-7-11-17-28)36(46)40-30(22-27-14-8-6-9-15-27)32(44)24-43-21-19-29(49-33-18-12-13-20-39-33)23-31(43)35(45)42-38(3,4)5/h6-11,14-17,26,29-34,39,44H,12-13,18-25H2,1-5H3,(H,40,46)(H,41,47)(H,42,45)/t29-,30+,31+,32-,33?,34+/m1/s1. The van der Waals surface area contributed by atoms with Crippen LogP contribution in [0.2, 0.25) is 0 Å². The van der Waals surface area contributed by atoms with Crippen molar-refractivity contribution in [3.05, 3.63) is 71.8 Å². The van der Waals surface area contributed by atoms with Crippen molar-refractivity contribution in [2.24, 2.45) is 5.92 Å². The van der Waals surface area contributed by atoms with Crippen LogP contribution in [0.15, 0.2) is 60.7 Å². The number of likely N-dealkylation sites (tertiary alicyclic amines) is 1. The van der Waals surface area contributed by atoms with Gasteiger partial charge in [-0.3, -0.25) is 19.8 Å². The molecule has 2 aromatic carbocycles. The van der Waals surface area contributed by atoms with Crippen molar-refractivity contribution in [1.29, 1.82) is 0 Å². The lowest BCUT2D eigenvalue weighted by Gasteiger charge is -2.42. The first-order chi connectivity index (χ1) is 23.4. The second-order valence-corrected chi connectivity index (χ2v) is 14.8. The van der Waals surface area contributed by atoms with Gasteiger partial charge in [-0.2, -0.15) is 0 Å². The van der Waals surface area contributed by atoms with Gasteiger partial charge in [-0.25, -0.2) is 4.79 Å². The van der Waals surface area contributed by atoms with Gasteiger partial charge in [-0.15, -0.1) is 0 Å². The first-order valence-corrected chi connectivity index (χ1v) is 17.8. The number of amides is 3. The zero-order valence-electron chi connectivity index (χ0n) is 29.8. The highest BCUT2D eigenvalue weighted by Gasteiger charge is 2.39. The van der Waals surface area contributed by atoms with Crippen LogP contribution in [-0.4, -0.2) is 89.6 Å². The van der Waals surface area contributed by atoms with Gasteiger partial charge in [0.2, 0.25) is 11.8 Å². The Bertz CT molecular complexity index is 1310. The topological polar surface area (TPSA) is 141 Å². The number of carbonyl (C=O) groups excluding carboxylic acids is 3. The number of aliphatic hydroxyl groups excluding tert-OH is 1. The fourth-order valence-corrected chi connectivity index (χ4v) is 6.44. The minimum Gasteiger partial charge on any atom is -0.445 e. The van der Waals surface area contributed by atoms with Crippen LogP contribution in [0.25, 0.3) is 0 Å². The van der Waals surface area contributed by atoms with Gasteiger partial charge in [0.25, 0.3) is 0 Å². The predicted octanol–water partition coefficient (Wildman–Crippen LogP) is 3.89. The minimum absolute atomic E-state index is 0.00850. The van der Waals surface area contributed by atoms with Crippen LogP contribution in [0.4, 0.5) is 4.79 Å². The van der Waals surface area contributed by atoms with Crippen LogP contribution < -0.4 is 21.3 Å². The number of hydrogen-bond donors (Lipinski definition) is 5.